The lowest BCUT2D eigenvalue weighted by molar-refractivity contribution is 1.27. The molecular weight excluding hydrogens is 283 g/mol. The van der Waals surface area contributed by atoms with Crippen LogP contribution in [-0.2, 0) is 0 Å². The Hall–Kier alpha value is -1.96. The first-order valence-corrected chi connectivity index (χ1v) is 6.21. The van der Waals surface area contributed by atoms with Crippen molar-refractivity contribution in [1.29, 1.82) is 5.26 Å². The minimum Gasteiger partial charge on any atom is -0.372 e. The average Bonchev–Trinajstić information content (AvgIpc) is 2.42. The average molecular weight is 293 g/mol. The van der Waals surface area contributed by atoms with Crippen molar-refractivity contribution in [3.05, 3.63) is 45.9 Å². The molecule has 1 aromatic carbocycles. The highest BCUT2D eigenvalue weighted by atomic mass is 35.5. The molecule has 0 aliphatic rings. The standard InChI is InChI=1S/C13H10Cl2N4/c1-17-12-9(14)6-10(15)13(19-12)18-11-5-3-2-4-8(11)7-16/h2-6H,1H3,(H2,17,18,19). The summed E-state index contributed by atoms with van der Waals surface area (Å²) in [6.45, 7) is 0. The highest BCUT2D eigenvalue weighted by molar-refractivity contribution is 6.37. The number of nitrogens with one attached hydrogen (secondary N) is 2. The molecule has 2 aromatic rings. The van der Waals surface area contributed by atoms with Gasteiger partial charge in [0.05, 0.1) is 21.3 Å². The number of pyridine rings is 1. The lowest BCUT2D eigenvalue weighted by Gasteiger charge is -2.11. The maximum Gasteiger partial charge on any atom is 0.151 e. The van der Waals surface area contributed by atoms with Crippen LogP contribution in [0.4, 0.5) is 17.3 Å². The van der Waals surface area contributed by atoms with Gasteiger partial charge in [-0.3, -0.25) is 0 Å². The Morgan fingerprint density at radius 2 is 1.84 bits per heavy atom. The Balaban J connectivity index is 2.41. The number of rotatable bonds is 3. The van der Waals surface area contributed by atoms with Crippen LogP contribution >= 0.6 is 23.2 Å². The number of anilines is 3. The molecule has 0 aliphatic carbocycles. The van der Waals surface area contributed by atoms with Crippen molar-refractivity contribution in [1.82, 2.24) is 4.98 Å². The second-order valence-electron chi connectivity index (χ2n) is 3.68. The van der Waals surface area contributed by atoms with E-state index >= 15 is 0 Å². The van der Waals surface area contributed by atoms with Gasteiger partial charge in [-0.05, 0) is 18.2 Å². The van der Waals surface area contributed by atoms with Crippen molar-refractivity contribution in [3.63, 3.8) is 0 Å². The Labute approximate surface area is 121 Å². The van der Waals surface area contributed by atoms with Gasteiger partial charge < -0.3 is 10.6 Å². The second-order valence-corrected chi connectivity index (χ2v) is 4.50. The van der Waals surface area contributed by atoms with E-state index in [9.17, 15) is 0 Å². The SMILES string of the molecule is CNc1nc(Nc2ccccc2C#N)c(Cl)cc1Cl. The van der Waals surface area contributed by atoms with Crippen LogP contribution in [0.2, 0.25) is 10.0 Å². The zero-order valence-electron chi connectivity index (χ0n) is 10.0. The topological polar surface area (TPSA) is 60.7 Å². The first-order valence-electron chi connectivity index (χ1n) is 5.45. The van der Waals surface area contributed by atoms with Crippen LogP contribution < -0.4 is 10.6 Å². The molecule has 1 heterocycles. The number of aromatic nitrogens is 1. The number of halogens is 2. The molecule has 0 radical (unpaired) electrons. The summed E-state index contributed by atoms with van der Waals surface area (Å²) in [6.07, 6.45) is 0. The molecule has 0 aliphatic heterocycles. The van der Waals surface area contributed by atoms with Crippen molar-refractivity contribution in [3.8, 4) is 6.07 Å². The van der Waals surface area contributed by atoms with Gasteiger partial charge in [-0.15, -0.1) is 0 Å². The van der Waals surface area contributed by atoms with Crippen molar-refractivity contribution in [2.24, 2.45) is 0 Å². The molecule has 0 bridgehead atoms. The van der Waals surface area contributed by atoms with Crippen molar-refractivity contribution in [2.75, 3.05) is 17.7 Å². The summed E-state index contributed by atoms with van der Waals surface area (Å²) >= 11 is 12.1. The summed E-state index contributed by atoms with van der Waals surface area (Å²) < 4.78 is 0. The third-order valence-corrected chi connectivity index (χ3v) is 3.04. The van der Waals surface area contributed by atoms with Crippen molar-refractivity contribution >= 4 is 40.5 Å². The van der Waals surface area contributed by atoms with E-state index in [1.54, 1.807) is 31.3 Å². The molecular formula is C13H10Cl2N4. The van der Waals surface area contributed by atoms with Crippen molar-refractivity contribution in [2.45, 2.75) is 0 Å². The maximum atomic E-state index is 9.03. The van der Waals surface area contributed by atoms with Crippen LogP contribution in [-0.4, -0.2) is 12.0 Å². The lowest BCUT2D eigenvalue weighted by Crippen LogP contribution is -2.00. The van der Waals surface area contributed by atoms with Gasteiger partial charge in [0.25, 0.3) is 0 Å². The summed E-state index contributed by atoms with van der Waals surface area (Å²) in [7, 11) is 1.72. The van der Waals surface area contributed by atoms with Crippen LogP contribution in [0.3, 0.4) is 0 Å². The zero-order valence-corrected chi connectivity index (χ0v) is 11.5. The van der Waals surface area contributed by atoms with Gasteiger partial charge >= 0.3 is 0 Å². The quantitative estimate of drug-likeness (QED) is 0.896. The fourth-order valence-electron chi connectivity index (χ4n) is 1.55. The fourth-order valence-corrected chi connectivity index (χ4v) is 2.05. The second kappa shape index (κ2) is 5.79. The molecule has 96 valence electrons. The predicted octanol–water partition coefficient (Wildman–Crippen LogP) is 4.05. The molecule has 0 fully saturated rings. The van der Waals surface area contributed by atoms with Crippen LogP contribution in [0.25, 0.3) is 0 Å². The Morgan fingerprint density at radius 3 is 2.53 bits per heavy atom. The fraction of sp³-hybridized carbons (Fsp3) is 0.0769. The van der Waals surface area contributed by atoms with Crippen LogP contribution in [0, 0.1) is 11.3 Å². The summed E-state index contributed by atoms with van der Waals surface area (Å²) in [5.74, 6) is 0.959. The van der Waals surface area contributed by atoms with Crippen LogP contribution in [0.5, 0.6) is 0 Å². The lowest BCUT2D eigenvalue weighted by atomic mass is 10.2. The number of nitrogens with zero attached hydrogens (tertiary/aromatic N) is 2. The number of nitriles is 1. The van der Waals surface area contributed by atoms with E-state index in [1.165, 1.54) is 0 Å². The minimum absolute atomic E-state index is 0.386. The smallest absolute Gasteiger partial charge is 0.151 e. The Bertz CT molecular complexity index is 650. The van der Waals surface area contributed by atoms with Gasteiger partial charge in [0.1, 0.15) is 11.9 Å². The largest absolute Gasteiger partial charge is 0.372 e. The number of benzene rings is 1. The van der Waals surface area contributed by atoms with Gasteiger partial charge in [0.2, 0.25) is 0 Å². The summed E-state index contributed by atoms with van der Waals surface area (Å²) in [5, 5.41) is 15.8. The van der Waals surface area contributed by atoms with E-state index in [0.29, 0.717) is 32.9 Å². The van der Waals surface area contributed by atoms with Gasteiger partial charge in [0.15, 0.2) is 5.82 Å². The molecule has 0 saturated heterocycles. The Kier molecular flexibility index (Phi) is 4.10. The Morgan fingerprint density at radius 1 is 1.16 bits per heavy atom. The minimum atomic E-state index is 0.386. The molecule has 0 saturated carbocycles. The van der Waals surface area contributed by atoms with E-state index in [0.717, 1.165) is 0 Å². The van der Waals surface area contributed by atoms with Gasteiger partial charge in [-0.2, -0.15) is 5.26 Å². The molecule has 19 heavy (non-hydrogen) atoms. The molecule has 1 aromatic heterocycles. The first kappa shape index (κ1) is 13.5. The first-order chi connectivity index (χ1) is 9.15. The third kappa shape index (κ3) is 2.90. The summed E-state index contributed by atoms with van der Waals surface area (Å²) in [5.41, 5.74) is 1.16. The normalized spacial score (nSPS) is 9.79. The van der Waals surface area contributed by atoms with Crippen LogP contribution in [0.15, 0.2) is 30.3 Å². The molecule has 4 nitrogen and oxygen atoms in total. The van der Waals surface area contributed by atoms with Gasteiger partial charge in [-0.1, -0.05) is 35.3 Å². The van der Waals surface area contributed by atoms with E-state index in [1.807, 2.05) is 6.07 Å². The van der Waals surface area contributed by atoms with E-state index in [2.05, 4.69) is 21.7 Å². The van der Waals surface area contributed by atoms with E-state index < -0.39 is 0 Å². The molecule has 0 unspecified atom stereocenters. The van der Waals surface area contributed by atoms with Crippen molar-refractivity contribution < 1.29 is 0 Å². The van der Waals surface area contributed by atoms with Crippen LogP contribution in [0.1, 0.15) is 5.56 Å². The molecule has 0 amide bonds. The third-order valence-electron chi connectivity index (χ3n) is 2.47. The summed E-state index contributed by atoms with van der Waals surface area (Å²) in [6, 6.07) is 10.8. The highest BCUT2D eigenvalue weighted by Crippen LogP contribution is 2.31. The molecule has 0 atom stereocenters. The highest BCUT2D eigenvalue weighted by Gasteiger charge is 2.10. The van der Waals surface area contributed by atoms with Gasteiger partial charge in [-0.25, -0.2) is 4.98 Å². The molecule has 0 spiro atoms. The maximum absolute atomic E-state index is 9.03. The summed E-state index contributed by atoms with van der Waals surface area (Å²) in [4.78, 5) is 4.27. The predicted molar refractivity (Wildman–Crippen MR) is 78.2 cm³/mol. The zero-order chi connectivity index (χ0) is 13.8. The van der Waals surface area contributed by atoms with E-state index in [4.69, 9.17) is 28.5 Å². The van der Waals surface area contributed by atoms with Gasteiger partial charge in [0, 0.05) is 7.05 Å². The molecule has 2 N–H and O–H groups in total. The van der Waals surface area contributed by atoms with E-state index in [-0.39, 0.29) is 0 Å². The number of hydrogen-bond donors (Lipinski definition) is 2. The number of para-hydroxylation sites is 1. The molecule has 2 rings (SSSR count). The number of hydrogen-bond acceptors (Lipinski definition) is 4. The molecule has 6 heteroatoms. The monoisotopic (exact) mass is 292 g/mol.